The maximum atomic E-state index is 13.2. The molecule has 4 rings (SSSR count). The molecular weight excluding hydrogens is 415 g/mol. The summed E-state index contributed by atoms with van der Waals surface area (Å²) in [6.45, 7) is 2.27. The van der Waals surface area contributed by atoms with E-state index in [1.807, 2.05) is 30.3 Å². The number of benzene rings is 3. The number of carbonyl (C=O) groups is 1. The maximum absolute atomic E-state index is 13.2. The highest BCUT2D eigenvalue weighted by Gasteiger charge is 2.26. The molecule has 0 spiro atoms. The lowest BCUT2D eigenvalue weighted by atomic mass is 9.96. The molecule has 1 N–H and O–H groups in total. The summed E-state index contributed by atoms with van der Waals surface area (Å²) in [5.41, 5.74) is 1.59. The molecule has 1 atom stereocenters. The monoisotopic (exact) mass is 438 g/mol. The predicted octanol–water partition coefficient (Wildman–Crippen LogP) is 6.12. The summed E-state index contributed by atoms with van der Waals surface area (Å²) in [5, 5.41) is 3.53. The zero-order valence-corrected chi connectivity index (χ0v) is 17.8. The van der Waals surface area contributed by atoms with Gasteiger partial charge in [0, 0.05) is 18.1 Å². The number of para-hydroxylation sites is 1. The third-order valence-corrected chi connectivity index (χ3v) is 5.60. The Bertz CT molecular complexity index is 1030. The van der Waals surface area contributed by atoms with Gasteiger partial charge in [-0.2, -0.15) is 0 Å². The number of amides is 1. The second-order valence-corrected chi connectivity index (χ2v) is 8.18. The number of anilines is 1. The molecule has 4 nitrogen and oxygen atoms in total. The first-order chi connectivity index (χ1) is 15.1. The summed E-state index contributed by atoms with van der Waals surface area (Å²) < 4.78 is 19.1. The van der Waals surface area contributed by atoms with E-state index < -0.39 is 0 Å². The number of ether oxygens (including phenoxy) is 1. The molecule has 0 radical (unpaired) electrons. The van der Waals surface area contributed by atoms with Crippen molar-refractivity contribution in [2.45, 2.75) is 19.4 Å². The Hall–Kier alpha value is -2.89. The summed E-state index contributed by atoms with van der Waals surface area (Å²) in [7, 11) is 0. The average Bonchev–Trinajstić information content (AvgIpc) is 2.78. The first-order valence-corrected chi connectivity index (χ1v) is 10.7. The molecule has 1 saturated heterocycles. The van der Waals surface area contributed by atoms with Crippen molar-refractivity contribution in [3.05, 3.63) is 89.2 Å². The van der Waals surface area contributed by atoms with Crippen LogP contribution in [0.1, 0.15) is 18.4 Å². The van der Waals surface area contributed by atoms with Crippen molar-refractivity contribution in [1.29, 1.82) is 0 Å². The van der Waals surface area contributed by atoms with Gasteiger partial charge in [-0.25, -0.2) is 4.39 Å². The molecule has 0 aromatic heterocycles. The maximum Gasteiger partial charge on any atom is 0.228 e. The van der Waals surface area contributed by atoms with Gasteiger partial charge in [0.1, 0.15) is 11.6 Å². The van der Waals surface area contributed by atoms with Crippen molar-refractivity contribution >= 4 is 23.2 Å². The number of hydrogen-bond acceptors (Lipinski definition) is 3. The van der Waals surface area contributed by atoms with E-state index in [0.717, 1.165) is 24.9 Å². The molecule has 1 aliphatic heterocycles. The topological polar surface area (TPSA) is 41.6 Å². The van der Waals surface area contributed by atoms with Gasteiger partial charge in [0.2, 0.25) is 5.91 Å². The van der Waals surface area contributed by atoms with Gasteiger partial charge in [0.25, 0.3) is 0 Å². The Labute approximate surface area is 186 Å². The molecule has 0 unspecified atom stereocenters. The van der Waals surface area contributed by atoms with E-state index in [0.29, 0.717) is 35.3 Å². The van der Waals surface area contributed by atoms with Crippen LogP contribution in [0.15, 0.2) is 72.8 Å². The van der Waals surface area contributed by atoms with E-state index in [2.05, 4.69) is 10.2 Å². The van der Waals surface area contributed by atoms with Crippen LogP contribution in [0.3, 0.4) is 0 Å². The lowest BCUT2D eigenvalue weighted by molar-refractivity contribution is -0.121. The molecule has 1 aliphatic rings. The Morgan fingerprint density at radius 2 is 1.87 bits per heavy atom. The predicted molar refractivity (Wildman–Crippen MR) is 121 cm³/mol. The quantitative estimate of drug-likeness (QED) is 0.504. The minimum atomic E-state index is -0.241. The van der Waals surface area contributed by atoms with Crippen LogP contribution in [0.4, 0.5) is 10.1 Å². The van der Waals surface area contributed by atoms with E-state index in [1.165, 1.54) is 12.1 Å². The third kappa shape index (κ3) is 5.84. The van der Waals surface area contributed by atoms with Crippen molar-refractivity contribution in [2.24, 2.45) is 5.92 Å². The summed E-state index contributed by atoms with van der Waals surface area (Å²) in [6, 6.07) is 21.1. The number of piperidine rings is 1. The molecule has 160 valence electrons. The first-order valence-electron chi connectivity index (χ1n) is 10.4. The average molecular weight is 439 g/mol. The van der Waals surface area contributed by atoms with Crippen molar-refractivity contribution in [3.8, 4) is 11.5 Å². The van der Waals surface area contributed by atoms with E-state index in [-0.39, 0.29) is 17.6 Å². The van der Waals surface area contributed by atoms with Gasteiger partial charge in [-0.15, -0.1) is 0 Å². The molecule has 0 aliphatic carbocycles. The van der Waals surface area contributed by atoms with Crippen LogP contribution < -0.4 is 10.1 Å². The zero-order chi connectivity index (χ0) is 21.6. The summed E-state index contributed by atoms with van der Waals surface area (Å²) >= 11 is 6.17. The highest BCUT2D eigenvalue weighted by molar-refractivity contribution is 6.31. The number of hydrogen-bond donors (Lipinski definition) is 1. The van der Waals surface area contributed by atoms with Crippen LogP contribution in [-0.2, 0) is 11.3 Å². The molecular formula is C25H24ClFN2O2. The van der Waals surface area contributed by atoms with Crippen LogP contribution in [0.2, 0.25) is 5.02 Å². The Morgan fingerprint density at radius 1 is 1.10 bits per heavy atom. The van der Waals surface area contributed by atoms with Gasteiger partial charge < -0.3 is 10.1 Å². The van der Waals surface area contributed by atoms with E-state index in [9.17, 15) is 9.18 Å². The first kappa shape index (κ1) is 21.3. The lowest BCUT2D eigenvalue weighted by Crippen LogP contribution is -2.40. The van der Waals surface area contributed by atoms with Gasteiger partial charge in [-0.1, -0.05) is 41.9 Å². The van der Waals surface area contributed by atoms with Gasteiger partial charge in [-0.05, 0) is 67.4 Å². The van der Waals surface area contributed by atoms with Crippen molar-refractivity contribution in [1.82, 2.24) is 4.90 Å². The van der Waals surface area contributed by atoms with Crippen LogP contribution in [-0.4, -0.2) is 23.9 Å². The van der Waals surface area contributed by atoms with Crippen molar-refractivity contribution in [3.63, 3.8) is 0 Å². The lowest BCUT2D eigenvalue weighted by Gasteiger charge is -2.32. The molecule has 1 heterocycles. The number of nitrogens with zero attached hydrogens (tertiary/aromatic N) is 1. The van der Waals surface area contributed by atoms with E-state index >= 15 is 0 Å². The number of rotatable bonds is 6. The Balaban J connectivity index is 1.42. The molecule has 3 aromatic carbocycles. The normalized spacial score (nSPS) is 16.6. The van der Waals surface area contributed by atoms with Crippen molar-refractivity contribution in [2.75, 3.05) is 18.4 Å². The largest absolute Gasteiger partial charge is 0.455 e. The van der Waals surface area contributed by atoms with Crippen molar-refractivity contribution < 1.29 is 13.9 Å². The number of halogens is 2. The van der Waals surface area contributed by atoms with E-state index in [1.54, 1.807) is 30.3 Å². The fraction of sp³-hybridized carbons (Fsp3) is 0.240. The van der Waals surface area contributed by atoms with Crippen LogP contribution >= 0.6 is 11.6 Å². The summed E-state index contributed by atoms with van der Waals surface area (Å²) in [5.74, 6) is 0.794. The second-order valence-electron chi connectivity index (χ2n) is 7.75. The SMILES string of the molecule is O=C(Nc1cc(Cl)ccc1Oc1ccccc1)[C@H]1CCCN(Cc2ccc(F)cc2)C1. The standard InChI is InChI=1S/C25H24ClFN2O2/c26-20-10-13-24(31-22-6-2-1-3-7-22)23(15-20)28-25(30)19-5-4-14-29(17-19)16-18-8-11-21(27)12-9-18/h1-3,6-13,15,19H,4-5,14,16-17H2,(H,28,30)/t19-/m0/s1. The molecule has 0 bridgehead atoms. The number of nitrogens with one attached hydrogen (secondary N) is 1. The van der Waals surface area contributed by atoms with Gasteiger partial charge >= 0.3 is 0 Å². The zero-order valence-electron chi connectivity index (χ0n) is 17.1. The number of likely N-dealkylation sites (tertiary alicyclic amines) is 1. The van der Waals surface area contributed by atoms with Gasteiger partial charge in [0.15, 0.2) is 5.75 Å². The molecule has 31 heavy (non-hydrogen) atoms. The van der Waals surface area contributed by atoms with Crippen LogP contribution in [0, 0.1) is 11.7 Å². The highest BCUT2D eigenvalue weighted by Crippen LogP contribution is 2.33. The van der Waals surface area contributed by atoms with Crippen LogP contribution in [0.25, 0.3) is 0 Å². The molecule has 3 aromatic rings. The third-order valence-electron chi connectivity index (χ3n) is 5.37. The minimum absolute atomic E-state index is 0.0519. The van der Waals surface area contributed by atoms with Crippen LogP contribution in [0.5, 0.6) is 11.5 Å². The molecule has 1 amide bonds. The second kappa shape index (κ2) is 9.94. The molecule has 1 fully saturated rings. The molecule has 6 heteroatoms. The fourth-order valence-electron chi connectivity index (χ4n) is 3.80. The summed E-state index contributed by atoms with van der Waals surface area (Å²) in [6.07, 6.45) is 1.75. The Morgan fingerprint density at radius 3 is 2.65 bits per heavy atom. The highest BCUT2D eigenvalue weighted by atomic mass is 35.5. The smallest absolute Gasteiger partial charge is 0.228 e. The Kier molecular flexibility index (Phi) is 6.85. The van der Waals surface area contributed by atoms with Gasteiger partial charge in [0.05, 0.1) is 11.6 Å². The van der Waals surface area contributed by atoms with Gasteiger partial charge in [-0.3, -0.25) is 9.69 Å². The van der Waals surface area contributed by atoms with E-state index in [4.69, 9.17) is 16.3 Å². The number of carbonyl (C=O) groups excluding carboxylic acids is 1. The minimum Gasteiger partial charge on any atom is -0.455 e. The molecule has 0 saturated carbocycles. The fourth-order valence-corrected chi connectivity index (χ4v) is 3.97. The summed E-state index contributed by atoms with van der Waals surface area (Å²) in [4.78, 5) is 15.3.